The van der Waals surface area contributed by atoms with Gasteiger partial charge in [0.25, 0.3) is 0 Å². The lowest BCUT2D eigenvalue weighted by Gasteiger charge is -2.31. The molecule has 240 valence electrons. The van der Waals surface area contributed by atoms with Crippen LogP contribution in [0.1, 0.15) is 114 Å². The van der Waals surface area contributed by atoms with Crippen LogP contribution in [0.25, 0.3) is 0 Å². The molecular formula is C39H54F2N2O. The minimum absolute atomic E-state index is 0.0180. The van der Waals surface area contributed by atoms with E-state index in [0.29, 0.717) is 12.0 Å². The summed E-state index contributed by atoms with van der Waals surface area (Å²) in [4.78, 5) is 0. The molecule has 1 fully saturated rings. The van der Waals surface area contributed by atoms with Crippen LogP contribution in [0.2, 0.25) is 0 Å². The Bertz CT molecular complexity index is 1240. The van der Waals surface area contributed by atoms with E-state index in [1.807, 2.05) is 24.3 Å². The maximum atomic E-state index is 13.6. The van der Waals surface area contributed by atoms with Crippen molar-refractivity contribution in [3.05, 3.63) is 100 Å². The van der Waals surface area contributed by atoms with Gasteiger partial charge in [-0.1, -0.05) is 97.2 Å². The number of halogens is 2. The largest absolute Gasteiger partial charge is 0.496 e. The average Bonchev–Trinajstić information content (AvgIpc) is 3.51. The van der Waals surface area contributed by atoms with Gasteiger partial charge in [0.2, 0.25) is 0 Å². The molecule has 1 aliphatic rings. The van der Waals surface area contributed by atoms with Crippen molar-refractivity contribution in [1.29, 1.82) is 0 Å². The molecule has 0 aliphatic carbocycles. The second kappa shape index (κ2) is 15.0. The summed E-state index contributed by atoms with van der Waals surface area (Å²) in [5, 5.41) is 7.56. The van der Waals surface area contributed by atoms with Crippen LogP contribution in [-0.4, -0.2) is 26.2 Å². The minimum atomic E-state index is -0.231. The fourth-order valence-electron chi connectivity index (χ4n) is 6.70. The van der Waals surface area contributed by atoms with Gasteiger partial charge < -0.3 is 15.4 Å². The minimum Gasteiger partial charge on any atom is -0.496 e. The molecule has 2 unspecified atom stereocenters. The Balaban J connectivity index is 1.41. The molecule has 2 N–H and O–H groups in total. The zero-order valence-electron chi connectivity index (χ0n) is 28.0. The van der Waals surface area contributed by atoms with Crippen LogP contribution in [0.15, 0.2) is 60.7 Å². The van der Waals surface area contributed by atoms with Gasteiger partial charge in [0.05, 0.1) is 7.11 Å². The highest BCUT2D eigenvalue weighted by molar-refractivity contribution is 5.51. The third-order valence-electron chi connectivity index (χ3n) is 9.26. The van der Waals surface area contributed by atoms with Gasteiger partial charge in [-0.2, -0.15) is 0 Å². The van der Waals surface area contributed by atoms with E-state index < -0.39 is 0 Å². The Morgan fingerprint density at radius 1 is 0.795 bits per heavy atom. The highest BCUT2D eigenvalue weighted by Crippen LogP contribution is 2.40. The molecule has 0 radical (unpaired) electrons. The van der Waals surface area contributed by atoms with Crippen molar-refractivity contribution in [3.63, 3.8) is 0 Å². The molecule has 0 amide bonds. The van der Waals surface area contributed by atoms with Crippen LogP contribution in [0, 0.1) is 17.6 Å². The number of benzene rings is 3. The van der Waals surface area contributed by atoms with Crippen LogP contribution in [0.3, 0.4) is 0 Å². The lowest BCUT2D eigenvalue weighted by molar-refractivity contribution is 0.341. The summed E-state index contributed by atoms with van der Waals surface area (Å²) in [6, 6.07) is 18.7. The quantitative estimate of drug-likeness (QED) is 0.191. The van der Waals surface area contributed by atoms with Gasteiger partial charge in [-0.25, -0.2) is 8.78 Å². The average molecular weight is 605 g/mol. The highest BCUT2D eigenvalue weighted by atomic mass is 19.1. The number of methoxy groups -OCH3 is 1. The SMILES string of the molecule is COc1c(C(C)(C)C)cc(CNC(CCCCCC(c2ccc(F)cc2)c2ccc(F)cc2)C2CCNC2)cc1C(C)(C)C. The van der Waals surface area contributed by atoms with E-state index in [0.717, 1.165) is 68.6 Å². The van der Waals surface area contributed by atoms with Crippen molar-refractivity contribution in [2.24, 2.45) is 5.92 Å². The Hall–Kier alpha value is -2.76. The van der Waals surface area contributed by atoms with Gasteiger partial charge in [-0.3, -0.25) is 0 Å². The maximum Gasteiger partial charge on any atom is 0.126 e. The maximum absolute atomic E-state index is 13.6. The second-order valence-electron chi connectivity index (χ2n) is 14.8. The standard InChI is InChI=1S/C39H54F2N2O/c1-38(2,3)34-23-27(24-35(37(34)44-7)39(4,5)6)25-43-36(30-21-22-42-26-30)12-10-8-9-11-33(28-13-17-31(40)18-14-28)29-15-19-32(41)20-16-29/h13-20,23-24,30,33,36,42-43H,8-12,21-22,25-26H2,1-7H3. The van der Waals surface area contributed by atoms with Crippen LogP contribution < -0.4 is 15.4 Å². The summed E-state index contributed by atoms with van der Waals surface area (Å²) in [5.74, 6) is 1.32. The van der Waals surface area contributed by atoms with E-state index in [1.54, 1.807) is 7.11 Å². The molecule has 0 bridgehead atoms. The molecule has 1 aliphatic heterocycles. The first kappa shape index (κ1) is 34.1. The molecule has 0 aromatic heterocycles. The Morgan fingerprint density at radius 3 is 1.77 bits per heavy atom. The number of unbranched alkanes of at least 4 members (excludes halogenated alkanes) is 2. The fraction of sp³-hybridized carbons (Fsp3) is 0.538. The summed E-state index contributed by atoms with van der Waals surface area (Å²) in [6.45, 7) is 16.6. The van der Waals surface area contributed by atoms with E-state index in [9.17, 15) is 8.78 Å². The number of nitrogens with one attached hydrogen (secondary N) is 2. The van der Waals surface area contributed by atoms with Crippen molar-refractivity contribution in [2.45, 2.75) is 109 Å². The van der Waals surface area contributed by atoms with Crippen LogP contribution in [-0.2, 0) is 17.4 Å². The summed E-state index contributed by atoms with van der Waals surface area (Å²) < 4.78 is 33.3. The van der Waals surface area contributed by atoms with Gasteiger partial charge >= 0.3 is 0 Å². The van der Waals surface area contributed by atoms with Gasteiger partial charge in [-0.15, -0.1) is 0 Å². The third-order valence-corrected chi connectivity index (χ3v) is 9.26. The Morgan fingerprint density at radius 2 is 1.32 bits per heavy atom. The van der Waals surface area contributed by atoms with Gasteiger partial charge in [0, 0.05) is 29.6 Å². The molecule has 0 spiro atoms. The molecule has 0 saturated carbocycles. The first-order valence-corrected chi connectivity index (χ1v) is 16.5. The molecule has 44 heavy (non-hydrogen) atoms. The van der Waals surface area contributed by atoms with E-state index in [4.69, 9.17) is 4.74 Å². The first-order valence-electron chi connectivity index (χ1n) is 16.5. The van der Waals surface area contributed by atoms with Crippen LogP contribution >= 0.6 is 0 Å². The number of rotatable bonds is 13. The van der Waals surface area contributed by atoms with Gasteiger partial charge in [-0.05, 0) is 90.1 Å². The highest BCUT2D eigenvalue weighted by Gasteiger charge is 2.29. The molecule has 2 atom stereocenters. The summed E-state index contributed by atoms with van der Waals surface area (Å²) in [5.41, 5.74) is 5.97. The topological polar surface area (TPSA) is 33.3 Å². The van der Waals surface area contributed by atoms with E-state index in [2.05, 4.69) is 64.3 Å². The van der Waals surface area contributed by atoms with Gasteiger partial charge in [0.1, 0.15) is 17.4 Å². The molecule has 1 heterocycles. The van der Waals surface area contributed by atoms with E-state index in [1.165, 1.54) is 47.4 Å². The lowest BCUT2D eigenvalue weighted by Crippen LogP contribution is -2.37. The second-order valence-corrected chi connectivity index (χ2v) is 14.8. The smallest absolute Gasteiger partial charge is 0.126 e. The molecule has 4 rings (SSSR count). The van der Waals surface area contributed by atoms with Crippen molar-refractivity contribution < 1.29 is 13.5 Å². The summed E-state index contributed by atoms with van der Waals surface area (Å²) in [7, 11) is 1.79. The van der Waals surface area contributed by atoms with Crippen molar-refractivity contribution >= 4 is 0 Å². The summed E-state index contributed by atoms with van der Waals surface area (Å²) >= 11 is 0. The Kier molecular flexibility index (Phi) is 11.6. The molecule has 3 nitrogen and oxygen atoms in total. The van der Waals surface area contributed by atoms with Crippen molar-refractivity contribution in [3.8, 4) is 5.75 Å². The number of hydrogen-bond donors (Lipinski definition) is 2. The first-order chi connectivity index (χ1) is 20.9. The molecule has 1 saturated heterocycles. The fourth-order valence-corrected chi connectivity index (χ4v) is 6.70. The van der Waals surface area contributed by atoms with Gasteiger partial charge in [0.15, 0.2) is 0 Å². The molecule has 3 aromatic rings. The predicted molar refractivity (Wildman–Crippen MR) is 180 cm³/mol. The van der Waals surface area contributed by atoms with Crippen LogP contribution in [0.5, 0.6) is 5.75 Å². The predicted octanol–water partition coefficient (Wildman–Crippen LogP) is 9.42. The molecule has 5 heteroatoms. The number of ether oxygens (including phenoxy) is 1. The molecular weight excluding hydrogens is 550 g/mol. The molecule has 3 aromatic carbocycles. The normalized spacial score (nSPS) is 16.5. The Labute approximate surface area is 265 Å². The third kappa shape index (κ3) is 9.14. The van der Waals surface area contributed by atoms with Crippen molar-refractivity contribution in [1.82, 2.24) is 10.6 Å². The van der Waals surface area contributed by atoms with E-state index in [-0.39, 0.29) is 28.4 Å². The monoisotopic (exact) mass is 604 g/mol. The van der Waals surface area contributed by atoms with Crippen LogP contribution in [0.4, 0.5) is 8.78 Å². The zero-order chi connectivity index (χ0) is 31.9. The van der Waals surface area contributed by atoms with E-state index >= 15 is 0 Å². The number of hydrogen-bond acceptors (Lipinski definition) is 3. The summed E-state index contributed by atoms with van der Waals surface area (Å²) in [6.07, 6.45) is 6.64. The van der Waals surface area contributed by atoms with Crippen molar-refractivity contribution in [2.75, 3.05) is 20.2 Å². The zero-order valence-corrected chi connectivity index (χ0v) is 28.0. The lowest BCUT2D eigenvalue weighted by atomic mass is 9.78.